The van der Waals surface area contributed by atoms with Gasteiger partial charge in [-0.05, 0) is 44.6 Å². The third kappa shape index (κ3) is 3.45. The summed E-state index contributed by atoms with van der Waals surface area (Å²) in [4.78, 5) is 9.54. The van der Waals surface area contributed by atoms with Crippen molar-refractivity contribution in [2.24, 2.45) is 5.14 Å². The Morgan fingerprint density at radius 2 is 1.96 bits per heavy atom. The van der Waals surface area contributed by atoms with Gasteiger partial charge in [0.05, 0.1) is 24.7 Å². The van der Waals surface area contributed by atoms with E-state index in [-0.39, 0.29) is 0 Å². The zero-order valence-corrected chi connectivity index (χ0v) is 14.7. The zero-order chi connectivity index (χ0) is 17.1. The molecule has 0 saturated carbocycles. The molecule has 1 unspecified atom stereocenters. The number of methoxy groups -OCH3 is 1. The number of nitrogens with zero attached hydrogens (tertiary/aromatic N) is 2. The summed E-state index contributed by atoms with van der Waals surface area (Å²) in [6.45, 7) is 0.616. The molecule has 3 rings (SSSR count). The number of nitrogens with two attached hydrogens (primary N) is 2. The van der Waals surface area contributed by atoms with Crippen molar-refractivity contribution in [2.75, 3.05) is 18.2 Å². The van der Waals surface area contributed by atoms with Crippen LogP contribution in [0.1, 0.15) is 5.56 Å². The zero-order valence-electron chi connectivity index (χ0n) is 13.0. The van der Waals surface area contributed by atoms with Crippen LogP contribution in [-0.2, 0) is 27.4 Å². The largest absolute Gasteiger partial charge is 0.481 e. The van der Waals surface area contributed by atoms with Gasteiger partial charge in [-0.25, -0.2) is 4.98 Å². The highest BCUT2D eigenvalue weighted by Crippen LogP contribution is 2.28. The van der Waals surface area contributed by atoms with Gasteiger partial charge in [-0.1, -0.05) is 12.1 Å². The van der Waals surface area contributed by atoms with Crippen LogP contribution < -0.4 is 20.9 Å². The highest BCUT2D eigenvalue weighted by molar-refractivity contribution is 8.27. The summed E-state index contributed by atoms with van der Waals surface area (Å²) in [5.74, 6) is 0.516. The number of pyridine rings is 2. The number of anilines is 2. The second kappa shape index (κ2) is 7.08. The molecule has 0 bridgehead atoms. The maximum atomic E-state index is 6.07. The number of ether oxygens (including phenoxy) is 1. The lowest BCUT2D eigenvalue weighted by Crippen LogP contribution is -2.05. The molecule has 3 aromatic rings. The first kappa shape index (κ1) is 16.6. The van der Waals surface area contributed by atoms with Gasteiger partial charge in [-0.15, -0.1) is 0 Å². The summed E-state index contributed by atoms with van der Waals surface area (Å²) in [5, 5.41) is 9.93. The van der Waals surface area contributed by atoms with Crippen LogP contribution >= 0.6 is 0 Å². The molecule has 2 aromatic heterocycles. The van der Waals surface area contributed by atoms with Gasteiger partial charge in [-0.3, -0.25) is 5.14 Å². The first-order valence-corrected chi connectivity index (χ1v) is 9.38. The molecule has 1 atom stereocenters. The molecule has 0 saturated heterocycles. The van der Waals surface area contributed by atoms with E-state index in [1.165, 1.54) is 0 Å². The molecule has 0 amide bonds. The third-order valence-electron chi connectivity index (χ3n) is 3.57. The number of rotatable bonds is 5. The smallest absolute Gasteiger partial charge is 0.215 e. The number of hydrogen-bond acceptors (Lipinski definition) is 6. The van der Waals surface area contributed by atoms with E-state index in [2.05, 4.69) is 15.3 Å². The van der Waals surface area contributed by atoms with Crippen LogP contribution in [0.4, 0.5) is 11.4 Å². The van der Waals surface area contributed by atoms with Gasteiger partial charge in [0.15, 0.2) is 5.65 Å². The van der Waals surface area contributed by atoms with Gasteiger partial charge in [0.25, 0.3) is 0 Å². The molecule has 0 aliphatic carbocycles. The number of fused-ring (bicyclic) bond motifs is 1. The van der Waals surface area contributed by atoms with E-state index < -0.39 is 9.64 Å². The van der Waals surface area contributed by atoms with Gasteiger partial charge in [0.1, 0.15) is 0 Å². The molecule has 0 radical (unpaired) electrons. The Balaban J connectivity index is 1.86. The molecule has 0 fully saturated rings. The first-order valence-electron chi connectivity index (χ1n) is 7.16. The Labute approximate surface area is 147 Å². The van der Waals surface area contributed by atoms with Crippen molar-refractivity contribution in [2.45, 2.75) is 11.4 Å². The molecular weight excluding hydrogens is 342 g/mol. The van der Waals surface area contributed by atoms with Crippen molar-refractivity contribution < 1.29 is 4.74 Å². The number of nitrogen functional groups attached to an aromatic ring is 1. The van der Waals surface area contributed by atoms with Crippen molar-refractivity contribution >= 4 is 43.2 Å². The highest BCUT2D eigenvalue weighted by Gasteiger charge is 2.09. The normalized spacial score (nSPS) is 12.1. The van der Waals surface area contributed by atoms with Gasteiger partial charge < -0.3 is 15.8 Å². The minimum Gasteiger partial charge on any atom is -0.481 e. The first-order chi connectivity index (χ1) is 11.6. The standard InChI is InChI=1S/C16H17N5OS2/c1-22-14-7-6-12-15(13(17)9-20-16(12)21-14)19-8-10-2-4-11(5-3-10)24(18)23/h2-7,9H,8,17-18H2,1H3,(H,19,20,21). The highest BCUT2D eigenvalue weighted by atomic mass is 32.8. The van der Waals surface area contributed by atoms with E-state index in [1.807, 2.05) is 30.3 Å². The van der Waals surface area contributed by atoms with Crippen LogP contribution in [0.3, 0.4) is 0 Å². The second-order valence-corrected chi connectivity index (χ2v) is 7.25. The Kier molecular flexibility index (Phi) is 4.89. The molecule has 124 valence electrons. The molecule has 0 aliphatic heterocycles. The third-order valence-corrected chi connectivity index (χ3v) is 4.88. The molecule has 6 nitrogen and oxygen atoms in total. The summed E-state index contributed by atoms with van der Waals surface area (Å²) in [7, 11) is 0.935. The average molecular weight is 359 g/mol. The average Bonchev–Trinajstić information content (AvgIpc) is 2.60. The van der Waals surface area contributed by atoms with Gasteiger partial charge in [-0.2, -0.15) is 4.98 Å². The topological polar surface area (TPSA) is 99.1 Å². The lowest BCUT2D eigenvalue weighted by molar-refractivity contribution is 0.399. The Hall–Kier alpha value is -2.29. The van der Waals surface area contributed by atoms with Crippen molar-refractivity contribution in [3.05, 3.63) is 48.2 Å². The summed E-state index contributed by atoms with van der Waals surface area (Å²) < 4.78 is 5.13. The van der Waals surface area contributed by atoms with E-state index in [1.54, 1.807) is 19.4 Å². The maximum Gasteiger partial charge on any atom is 0.215 e. The van der Waals surface area contributed by atoms with Crippen molar-refractivity contribution in [3.63, 3.8) is 0 Å². The van der Waals surface area contributed by atoms with E-state index in [4.69, 9.17) is 26.8 Å². The van der Waals surface area contributed by atoms with Crippen molar-refractivity contribution in [1.29, 1.82) is 0 Å². The lowest BCUT2D eigenvalue weighted by Gasteiger charge is -2.12. The molecule has 0 aliphatic rings. The molecule has 8 heteroatoms. The molecule has 24 heavy (non-hydrogen) atoms. The fraction of sp³-hybridized carbons (Fsp3) is 0.125. The Morgan fingerprint density at radius 1 is 1.21 bits per heavy atom. The molecule has 1 aromatic carbocycles. The number of benzene rings is 1. The maximum absolute atomic E-state index is 6.07. The quantitative estimate of drug-likeness (QED) is 0.642. The molecule has 0 spiro atoms. The van der Waals surface area contributed by atoms with Crippen LogP contribution in [0.5, 0.6) is 5.88 Å². The summed E-state index contributed by atoms with van der Waals surface area (Å²) >= 11 is 5.07. The number of nitrogens with one attached hydrogen (secondary N) is 1. The van der Waals surface area contributed by atoms with E-state index in [9.17, 15) is 0 Å². The Bertz CT molecular complexity index is 899. The molecule has 2 heterocycles. The van der Waals surface area contributed by atoms with Crippen molar-refractivity contribution in [3.8, 4) is 5.88 Å². The van der Waals surface area contributed by atoms with Crippen LogP contribution in [0, 0.1) is 0 Å². The summed E-state index contributed by atoms with van der Waals surface area (Å²) in [5.41, 5.74) is 9.13. The predicted molar refractivity (Wildman–Crippen MR) is 101 cm³/mol. The SMILES string of the molecule is COc1ccc2c(NCc3ccc(S(N)=S)cc3)c(N)cnc2n1. The fourth-order valence-corrected chi connectivity index (χ4v) is 3.06. The molecular formula is C16H17N5OS2. The van der Waals surface area contributed by atoms with Crippen LogP contribution in [-0.4, -0.2) is 17.1 Å². The van der Waals surface area contributed by atoms with Crippen molar-refractivity contribution in [1.82, 2.24) is 9.97 Å². The Morgan fingerprint density at radius 3 is 2.62 bits per heavy atom. The van der Waals surface area contributed by atoms with Crippen LogP contribution in [0.2, 0.25) is 0 Å². The van der Waals surface area contributed by atoms with E-state index in [0.717, 1.165) is 21.5 Å². The summed E-state index contributed by atoms with van der Waals surface area (Å²) in [6, 6.07) is 11.6. The fourth-order valence-electron chi connectivity index (χ4n) is 2.32. The van der Waals surface area contributed by atoms with Gasteiger partial charge in [0, 0.05) is 22.9 Å². The van der Waals surface area contributed by atoms with Crippen LogP contribution in [0.25, 0.3) is 11.0 Å². The van der Waals surface area contributed by atoms with Crippen LogP contribution in [0.15, 0.2) is 47.5 Å². The number of hydrogen-bond donors (Lipinski definition) is 3. The number of aromatic nitrogens is 2. The van der Waals surface area contributed by atoms with Gasteiger partial charge >= 0.3 is 0 Å². The lowest BCUT2D eigenvalue weighted by atomic mass is 10.2. The summed E-state index contributed by atoms with van der Waals surface area (Å²) in [6.07, 6.45) is 1.59. The monoisotopic (exact) mass is 359 g/mol. The van der Waals surface area contributed by atoms with E-state index in [0.29, 0.717) is 23.8 Å². The van der Waals surface area contributed by atoms with E-state index >= 15 is 0 Å². The minimum absolute atomic E-state index is 0.516. The molecule has 5 N–H and O–H groups in total. The minimum atomic E-state index is -0.638. The second-order valence-electron chi connectivity index (χ2n) is 5.11. The van der Waals surface area contributed by atoms with Gasteiger partial charge in [0.2, 0.25) is 5.88 Å². The predicted octanol–water partition coefficient (Wildman–Crippen LogP) is 2.15.